The zero-order valence-corrected chi connectivity index (χ0v) is 15.7. The number of benzene rings is 2. The third-order valence-corrected chi connectivity index (χ3v) is 7.18. The standard InChI is InChI=1S/C24H29N2/c1-25-14-8-13-20-22-16-26(19-11-6-3-7-12-19)17-23(22)21(15-24(20)25)18-9-4-2-5-10-18/h2-7,9-12,16,20-24H,8,13-15,17H2,1H3/q+1. The fraction of sp³-hybridized carbons (Fsp3) is 0.458. The van der Waals surface area contributed by atoms with Gasteiger partial charge in [-0.05, 0) is 50.3 Å². The van der Waals surface area contributed by atoms with E-state index in [1.54, 1.807) is 5.56 Å². The molecule has 2 nitrogen and oxygen atoms in total. The molecule has 5 atom stereocenters. The summed E-state index contributed by atoms with van der Waals surface area (Å²) in [5, 5.41) is 0. The topological polar surface area (TPSA) is 6.25 Å². The third-order valence-electron chi connectivity index (χ3n) is 7.18. The average Bonchev–Trinajstić information content (AvgIpc) is 3.15. The maximum atomic E-state index is 2.65. The molecule has 2 aromatic carbocycles. The molecule has 5 rings (SSSR count). The highest BCUT2D eigenvalue weighted by Gasteiger charge is 2.52. The van der Waals surface area contributed by atoms with Crippen molar-refractivity contribution in [2.24, 2.45) is 17.8 Å². The van der Waals surface area contributed by atoms with Gasteiger partial charge in [0.25, 0.3) is 0 Å². The van der Waals surface area contributed by atoms with E-state index in [1.165, 1.54) is 38.0 Å². The zero-order valence-electron chi connectivity index (χ0n) is 15.7. The SMILES string of the molecule is CN1CCCC2C3C=[N+](c4ccccc4)CC3C(c3ccccc3)CC21. The molecule has 3 aliphatic rings. The van der Waals surface area contributed by atoms with Gasteiger partial charge in [-0.3, -0.25) is 0 Å². The van der Waals surface area contributed by atoms with Crippen molar-refractivity contribution in [1.29, 1.82) is 0 Å². The van der Waals surface area contributed by atoms with Crippen molar-refractivity contribution in [1.82, 2.24) is 4.90 Å². The normalized spacial score (nSPS) is 34.0. The summed E-state index contributed by atoms with van der Waals surface area (Å²) < 4.78 is 2.54. The predicted octanol–water partition coefficient (Wildman–Crippen LogP) is 4.55. The summed E-state index contributed by atoms with van der Waals surface area (Å²) in [6.45, 7) is 2.43. The first kappa shape index (κ1) is 16.3. The second kappa shape index (κ2) is 6.66. The summed E-state index contributed by atoms with van der Waals surface area (Å²) in [6.07, 6.45) is 6.67. The van der Waals surface area contributed by atoms with Gasteiger partial charge >= 0.3 is 0 Å². The minimum absolute atomic E-state index is 0.674. The van der Waals surface area contributed by atoms with Crippen LogP contribution in [0, 0.1) is 17.8 Å². The van der Waals surface area contributed by atoms with Crippen LogP contribution in [-0.2, 0) is 0 Å². The number of likely N-dealkylation sites (tertiary alicyclic amines) is 1. The van der Waals surface area contributed by atoms with E-state index in [9.17, 15) is 0 Å². The monoisotopic (exact) mass is 345 g/mol. The molecule has 0 N–H and O–H groups in total. The van der Waals surface area contributed by atoms with Crippen LogP contribution in [0.4, 0.5) is 5.69 Å². The molecule has 0 spiro atoms. The van der Waals surface area contributed by atoms with Crippen molar-refractivity contribution in [3.8, 4) is 0 Å². The van der Waals surface area contributed by atoms with Crippen molar-refractivity contribution in [2.45, 2.75) is 31.2 Å². The molecule has 0 bridgehead atoms. The molecule has 2 fully saturated rings. The van der Waals surface area contributed by atoms with Crippen molar-refractivity contribution in [3.63, 3.8) is 0 Å². The fourth-order valence-corrected chi connectivity index (χ4v) is 5.95. The van der Waals surface area contributed by atoms with Crippen LogP contribution in [0.1, 0.15) is 30.7 Å². The predicted molar refractivity (Wildman–Crippen MR) is 107 cm³/mol. The number of piperidine rings is 1. The van der Waals surface area contributed by atoms with E-state index in [0.29, 0.717) is 11.8 Å². The molecule has 1 aliphatic carbocycles. The molecular weight excluding hydrogens is 316 g/mol. The maximum absolute atomic E-state index is 2.65. The quantitative estimate of drug-likeness (QED) is 0.724. The first-order valence-electron chi connectivity index (χ1n) is 10.2. The Balaban J connectivity index is 1.53. The van der Waals surface area contributed by atoms with Gasteiger partial charge in [0, 0.05) is 24.1 Å². The smallest absolute Gasteiger partial charge is 0.204 e. The third kappa shape index (κ3) is 2.72. The van der Waals surface area contributed by atoms with Crippen molar-refractivity contribution in [3.05, 3.63) is 66.2 Å². The Morgan fingerprint density at radius 1 is 0.923 bits per heavy atom. The number of para-hydroxylation sites is 1. The van der Waals surface area contributed by atoms with Gasteiger partial charge < -0.3 is 4.90 Å². The lowest BCUT2D eigenvalue weighted by Gasteiger charge is -2.48. The molecule has 0 amide bonds. The molecule has 2 aliphatic heterocycles. The van der Waals surface area contributed by atoms with Crippen molar-refractivity contribution < 1.29 is 4.58 Å². The van der Waals surface area contributed by atoms with E-state index in [1.807, 2.05) is 0 Å². The number of hydrogen-bond acceptors (Lipinski definition) is 1. The van der Waals surface area contributed by atoms with Gasteiger partial charge in [0.1, 0.15) is 6.21 Å². The van der Waals surface area contributed by atoms with Crippen LogP contribution in [0.5, 0.6) is 0 Å². The average molecular weight is 346 g/mol. The van der Waals surface area contributed by atoms with Crippen molar-refractivity contribution in [2.75, 3.05) is 20.1 Å². The Kier molecular flexibility index (Phi) is 4.17. The van der Waals surface area contributed by atoms with Crippen LogP contribution >= 0.6 is 0 Å². The molecule has 2 heterocycles. The summed E-state index contributed by atoms with van der Waals surface area (Å²) in [6, 6.07) is 23.0. The summed E-state index contributed by atoms with van der Waals surface area (Å²) in [5.41, 5.74) is 2.90. The Morgan fingerprint density at radius 3 is 2.42 bits per heavy atom. The van der Waals surface area contributed by atoms with Crippen molar-refractivity contribution >= 4 is 11.9 Å². The Bertz CT molecular complexity index is 782. The minimum Gasteiger partial charge on any atom is -0.303 e. The minimum atomic E-state index is 0.674. The number of hydrogen-bond donors (Lipinski definition) is 0. The Labute approximate surface area is 157 Å². The van der Waals surface area contributed by atoms with Gasteiger partial charge in [0.2, 0.25) is 5.69 Å². The van der Waals surface area contributed by atoms with Gasteiger partial charge in [-0.15, -0.1) is 0 Å². The number of fused-ring (bicyclic) bond motifs is 3. The van der Waals surface area contributed by atoms with Crippen LogP contribution in [0.3, 0.4) is 0 Å². The lowest BCUT2D eigenvalue weighted by molar-refractivity contribution is -0.434. The van der Waals surface area contributed by atoms with Gasteiger partial charge in [-0.1, -0.05) is 48.5 Å². The highest BCUT2D eigenvalue weighted by atomic mass is 15.1. The number of nitrogens with zero attached hydrogens (tertiary/aromatic N) is 2. The molecular formula is C24H29N2+. The summed E-state index contributed by atoms with van der Waals surface area (Å²) in [4.78, 5) is 2.65. The number of rotatable bonds is 2. The van der Waals surface area contributed by atoms with E-state index in [0.717, 1.165) is 17.9 Å². The molecule has 2 aromatic rings. The summed E-state index contributed by atoms with van der Waals surface area (Å²) in [7, 11) is 2.35. The first-order valence-corrected chi connectivity index (χ1v) is 10.2. The van der Waals surface area contributed by atoms with E-state index in [-0.39, 0.29) is 0 Å². The van der Waals surface area contributed by atoms with Crippen LogP contribution in [0.15, 0.2) is 60.7 Å². The molecule has 5 unspecified atom stereocenters. The lowest BCUT2D eigenvalue weighted by atomic mass is 9.61. The van der Waals surface area contributed by atoms with E-state index in [4.69, 9.17) is 0 Å². The van der Waals surface area contributed by atoms with Crippen LogP contribution in [0.25, 0.3) is 0 Å². The largest absolute Gasteiger partial charge is 0.303 e. The van der Waals surface area contributed by atoms with Gasteiger partial charge in [-0.2, -0.15) is 0 Å². The highest BCUT2D eigenvalue weighted by molar-refractivity contribution is 5.61. The molecule has 2 heteroatoms. The van der Waals surface area contributed by atoms with Gasteiger partial charge in [-0.25, -0.2) is 4.58 Å². The molecule has 0 radical (unpaired) electrons. The Morgan fingerprint density at radius 2 is 1.65 bits per heavy atom. The molecule has 0 aromatic heterocycles. The van der Waals surface area contributed by atoms with Crippen LogP contribution in [-0.4, -0.2) is 41.9 Å². The molecule has 1 saturated heterocycles. The molecule has 26 heavy (non-hydrogen) atoms. The first-order chi connectivity index (χ1) is 12.8. The summed E-state index contributed by atoms with van der Waals surface area (Å²) >= 11 is 0. The van der Waals surface area contributed by atoms with Gasteiger partial charge in [0.15, 0.2) is 6.54 Å². The maximum Gasteiger partial charge on any atom is 0.204 e. The second-order valence-corrected chi connectivity index (χ2v) is 8.49. The van der Waals surface area contributed by atoms with Gasteiger partial charge in [0.05, 0.1) is 5.92 Å². The fourth-order valence-electron chi connectivity index (χ4n) is 5.95. The van der Waals surface area contributed by atoms with Crippen LogP contribution in [0.2, 0.25) is 0 Å². The summed E-state index contributed by atoms with van der Waals surface area (Å²) in [5.74, 6) is 2.95. The van der Waals surface area contributed by atoms with E-state index >= 15 is 0 Å². The second-order valence-electron chi connectivity index (χ2n) is 8.49. The molecule has 134 valence electrons. The highest BCUT2D eigenvalue weighted by Crippen LogP contribution is 2.50. The van der Waals surface area contributed by atoms with E-state index in [2.05, 4.69) is 83.4 Å². The lowest BCUT2D eigenvalue weighted by Crippen LogP contribution is -2.52. The molecule has 1 saturated carbocycles. The zero-order chi connectivity index (χ0) is 17.5. The van der Waals surface area contributed by atoms with Crippen LogP contribution < -0.4 is 0 Å². The Hall–Kier alpha value is -1.93. The van der Waals surface area contributed by atoms with E-state index < -0.39 is 0 Å².